The van der Waals surface area contributed by atoms with Crippen LogP contribution in [-0.2, 0) is 9.59 Å². The fourth-order valence-electron chi connectivity index (χ4n) is 4.08. The smallest absolute Gasteiger partial charge is 0.421 e. The van der Waals surface area contributed by atoms with Crippen molar-refractivity contribution in [2.24, 2.45) is 0 Å². The van der Waals surface area contributed by atoms with Gasteiger partial charge in [-0.2, -0.15) is 0 Å². The Morgan fingerprint density at radius 1 is 0.775 bits per heavy atom. The maximum absolute atomic E-state index is 12.3. The molecule has 2 aromatic carbocycles. The van der Waals surface area contributed by atoms with Crippen LogP contribution in [0.3, 0.4) is 0 Å². The molecule has 0 saturated heterocycles. The van der Waals surface area contributed by atoms with E-state index in [1.165, 1.54) is 19.7 Å². The first-order chi connectivity index (χ1) is 18.6. The molecule has 8 heteroatoms. The van der Waals surface area contributed by atoms with Crippen LogP contribution in [0.25, 0.3) is 0 Å². The molecular formula is C32H46N2O6. The monoisotopic (exact) mass is 554 g/mol. The van der Waals surface area contributed by atoms with Crippen molar-refractivity contribution in [3.8, 4) is 5.75 Å². The van der Waals surface area contributed by atoms with E-state index in [4.69, 9.17) is 9.84 Å². The van der Waals surface area contributed by atoms with E-state index in [2.05, 4.69) is 39.8 Å². The summed E-state index contributed by atoms with van der Waals surface area (Å²) >= 11 is 0. The van der Waals surface area contributed by atoms with Gasteiger partial charge in [0.2, 0.25) is 11.8 Å². The van der Waals surface area contributed by atoms with Gasteiger partial charge in [0.15, 0.2) is 0 Å². The number of ether oxygens (including phenoxy) is 1. The van der Waals surface area contributed by atoms with Crippen LogP contribution >= 0.6 is 0 Å². The normalized spacial score (nSPS) is 11.4. The minimum absolute atomic E-state index is 0.228. The molecule has 0 aliphatic heterocycles. The number of aryl methyl sites for hydroxylation is 2. The van der Waals surface area contributed by atoms with E-state index in [-0.39, 0.29) is 11.8 Å². The van der Waals surface area contributed by atoms with Crippen molar-refractivity contribution >= 4 is 24.0 Å². The molecule has 0 aromatic heterocycles. The van der Waals surface area contributed by atoms with Gasteiger partial charge < -0.3 is 9.84 Å². The van der Waals surface area contributed by atoms with E-state index < -0.39 is 18.1 Å². The number of imide groups is 2. The molecule has 0 bridgehead atoms. The summed E-state index contributed by atoms with van der Waals surface area (Å²) in [5, 5.41) is 8.95. The molecule has 0 radical (unpaired) electrons. The Morgan fingerprint density at radius 3 is 1.75 bits per heavy atom. The van der Waals surface area contributed by atoms with Gasteiger partial charge in [-0.3, -0.25) is 19.4 Å². The Labute approximate surface area is 239 Å². The van der Waals surface area contributed by atoms with Crippen LogP contribution in [-0.4, -0.2) is 53.0 Å². The van der Waals surface area contributed by atoms with Gasteiger partial charge in [0.05, 0.1) is 5.92 Å². The number of benzene rings is 2. The highest BCUT2D eigenvalue weighted by Gasteiger charge is 2.26. The third kappa shape index (κ3) is 10.1. The minimum Gasteiger partial charge on any atom is -0.465 e. The number of carbonyl (C=O) groups excluding carboxylic acids is 3. The van der Waals surface area contributed by atoms with Gasteiger partial charge in [-0.25, -0.2) is 9.59 Å². The van der Waals surface area contributed by atoms with Crippen LogP contribution in [0.4, 0.5) is 9.59 Å². The quantitative estimate of drug-likeness (QED) is 0.360. The highest BCUT2D eigenvalue weighted by Crippen LogP contribution is 2.27. The van der Waals surface area contributed by atoms with Gasteiger partial charge in [-0.1, -0.05) is 71.4 Å². The van der Waals surface area contributed by atoms with E-state index in [0.29, 0.717) is 36.8 Å². The zero-order chi connectivity index (χ0) is 30.7. The number of nitrogens with zero attached hydrogens (tertiary/aromatic N) is 2. The predicted octanol–water partition coefficient (Wildman–Crippen LogP) is 7.62. The lowest BCUT2D eigenvalue weighted by atomic mass is 9.89. The number of carbonyl (C=O) groups is 4. The SMILES string of the molecule is CCC(C(=O)N(C)C(=O)O)c1cc(C)cc(C(C)C)c1.CCCC(=O)N(C)C(=O)Oc1cc(C)cc(C(C)C)c1. The van der Waals surface area contributed by atoms with Crippen LogP contribution in [0.5, 0.6) is 5.75 Å². The molecule has 1 N–H and O–H groups in total. The summed E-state index contributed by atoms with van der Waals surface area (Å²) < 4.78 is 5.28. The molecule has 0 aliphatic rings. The van der Waals surface area contributed by atoms with Crippen molar-refractivity contribution in [1.82, 2.24) is 9.80 Å². The average molecular weight is 555 g/mol. The largest absolute Gasteiger partial charge is 0.465 e. The highest BCUT2D eigenvalue weighted by atomic mass is 16.6. The Bertz CT molecular complexity index is 1190. The maximum Gasteiger partial charge on any atom is 0.421 e. The van der Waals surface area contributed by atoms with Crippen molar-refractivity contribution in [2.45, 2.75) is 92.4 Å². The second kappa shape index (κ2) is 15.8. The van der Waals surface area contributed by atoms with Gasteiger partial charge in [0.25, 0.3) is 0 Å². The first kappa shape index (κ1) is 34.3. The standard InChI is InChI=1S/2C16H23NO3/c1-6-14(15(18)17(5)16(19)20)13-8-11(4)7-12(9-13)10(2)3;1-6-7-15(18)17(5)16(19)20-14-9-12(4)8-13(10-14)11(2)3/h7-10,14H,6H2,1-5H3,(H,19,20);8-11H,6-7H2,1-5H3. The number of carboxylic acid groups (broad SMARTS) is 1. The second-order valence-corrected chi connectivity index (χ2v) is 10.8. The van der Waals surface area contributed by atoms with Crippen molar-refractivity contribution in [3.05, 3.63) is 64.2 Å². The van der Waals surface area contributed by atoms with Crippen molar-refractivity contribution < 1.29 is 29.0 Å². The Hall–Kier alpha value is -3.68. The summed E-state index contributed by atoms with van der Waals surface area (Å²) in [6, 6.07) is 11.8. The van der Waals surface area contributed by atoms with Crippen molar-refractivity contribution in [1.29, 1.82) is 0 Å². The van der Waals surface area contributed by atoms with E-state index in [9.17, 15) is 19.2 Å². The lowest BCUT2D eigenvalue weighted by Gasteiger charge is -2.21. The first-order valence-electron chi connectivity index (χ1n) is 13.8. The number of rotatable bonds is 8. The number of likely N-dealkylation sites (N-methyl/N-ethyl adjacent to an activating group) is 1. The van der Waals surface area contributed by atoms with Crippen LogP contribution < -0.4 is 4.74 Å². The molecule has 4 amide bonds. The Balaban J connectivity index is 0.000000400. The molecule has 0 heterocycles. The molecule has 8 nitrogen and oxygen atoms in total. The van der Waals surface area contributed by atoms with E-state index in [1.807, 2.05) is 45.9 Å². The van der Waals surface area contributed by atoms with Crippen molar-refractivity contribution in [2.75, 3.05) is 14.1 Å². The maximum atomic E-state index is 12.3. The molecule has 220 valence electrons. The molecule has 0 aliphatic carbocycles. The molecule has 2 rings (SSSR count). The van der Waals surface area contributed by atoms with Gasteiger partial charge in [-0.15, -0.1) is 0 Å². The van der Waals surface area contributed by atoms with Crippen LogP contribution in [0.15, 0.2) is 36.4 Å². The Kier molecular flexibility index (Phi) is 13.6. The molecule has 0 spiro atoms. The zero-order valence-electron chi connectivity index (χ0n) is 25.7. The minimum atomic E-state index is -1.22. The summed E-state index contributed by atoms with van der Waals surface area (Å²) in [6.45, 7) is 16.1. The average Bonchev–Trinajstić information content (AvgIpc) is 2.87. The van der Waals surface area contributed by atoms with E-state index >= 15 is 0 Å². The van der Waals surface area contributed by atoms with E-state index in [1.54, 1.807) is 6.07 Å². The van der Waals surface area contributed by atoms with Crippen molar-refractivity contribution in [3.63, 3.8) is 0 Å². The third-order valence-corrected chi connectivity index (χ3v) is 6.57. The lowest BCUT2D eigenvalue weighted by molar-refractivity contribution is -0.130. The van der Waals surface area contributed by atoms with E-state index in [0.717, 1.165) is 32.1 Å². The highest BCUT2D eigenvalue weighted by molar-refractivity contribution is 5.95. The summed E-state index contributed by atoms with van der Waals surface area (Å²) in [4.78, 5) is 48.5. The van der Waals surface area contributed by atoms with Gasteiger partial charge in [-0.05, 0) is 72.9 Å². The zero-order valence-corrected chi connectivity index (χ0v) is 25.7. The molecule has 2 aromatic rings. The first-order valence-corrected chi connectivity index (χ1v) is 13.8. The van der Waals surface area contributed by atoms with Crippen LogP contribution in [0.1, 0.15) is 106 Å². The summed E-state index contributed by atoms with van der Waals surface area (Å²) in [5.41, 5.74) is 5.30. The predicted molar refractivity (Wildman–Crippen MR) is 158 cm³/mol. The topological polar surface area (TPSA) is 104 Å². The number of amides is 4. The summed E-state index contributed by atoms with van der Waals surface area (Å²) in [6.07, 6.45) is -0.221. The molecule has 40 heavy (non-hydrogen) atoms. The Morgan fingerprint density at radius 2 is 1.27 bits per heavy atom. The van der Waals surface area contributed by atoms with Gasteiger partial charge in [0.1, 0.15) is 5.75 Å². The molecule has 0 fully saturated rings. The number of hydrogen-bond donors (Lipinski definition) is 1. The molecule has 1 unspecified atom stereocenters. The second-order valence-electron chi connectivity index (χ2n) is 10.8. The lowest BCUT2D eigenvalue weighted by Crippen LogP contribution is -2.35. The fraction of sp³-hybridized carbons (Fsp3) is 0.500. The fourth-order valence-corrected chi connectivity index (χ4v) is 4.08. The number of hydrogen-bond acceptors (Lipinski definition) is 5. The van der Waals surface area contributed by atoms with Gasteiger partial charge in [0, 0.05) is 20.5 Å². The van der Waals surface area contributed by atoms with Crippen LogP contribution in [0.2, 0.25) is 0 Å². The summed E-state index contributed by atoms with van der Waals surface area (Å²) in [5.74, 6) is 0.197. The van der Waals surface area contributed by atoms with Gasteiger partial charge >= 0.3 is 12.2 Å². The third-order valence-electron chi connectivity index (χ3n) is 6.57. The molecule has 0 saturated carbocycles. The molecule has 1 atom stereocenters. The summed E-state index contributed by atoms with van der Waals surface area (Å²) in [7, 11) is 2.74. The molecular weight excluding hydrogens is 508 g/mol. The van der Waals surface area contributed by atoms with Crippen LogP contribution in [0, 0.1) is 13.8 Å².